The van der Waals surface area contributed by atoms with Crippen LogP contribution < -0.4 is 0 Å². The zero-order chi connectivity index (χ0) is 15.1. The number of hydrogen-bond acceptors (Lipinski definition) is 6. The van der Waals surface area contributed by atoms with E-state index in [4.69, 9.17) is 4.74 Å². The minimum atomic E-state index is -1.41. The third-order valence-corrected chi connectivity index (χ3v) is 3.82. The van der Waals surface area contributed by atoms with Crippen LogP contribution in [0.15, 0.2) is 18.2 Å². The van der Waals surface area contributed by atoms with Crippen molar-refractivity contribution in [2.45, 2.75) is 37.4 Å². The average molecular weight is 294 g/mol. The van der Waals surface area contributed by atoms with E-state index in [2.05, 4.69) is 9.97 Å². The minimum absolute atomic E-state index is 0.354. The number of rotatable bonds is 2. The van der Waals surface area contributed by atoms with Crippen molar-refractivity contribution in [1.82, 2.24) is 9.97 Å². The molecule has 3 rings (SSSR count). The van der Waals surface area contributed by atoms with Gasteiger partial charge in [-0.05, 0) is 24.6 Å². The fourth-order valence-electron chi connectivity index (χ4n) is 2.61. The van der Waals surface area contributed by atoms with E-state index in [9.17, 15) is 20.4 Å². The van der Waals surface area contributed by atoms with Gasteiger partial charge in [0.05, 0.1) is 17.6 Å². The fraction of sp³-hybridized carbons (Fsp3) is 0.500. The van der Waals surface area contributed by atoms with Crippen molar-refractivity contribution < 1.29 is 25.2 Å². The fourth-order valence-corrected chi connectivity index (χ4v) is 2.61. The maximum absolute atomic E-state index is 10.1. The van der Waals surface area contributed by atoms with Crippen LogP contribution in [0.5, 0.6) is 0 Å². The third kappa shape index (κ3) is 2.43. The Labute approximate surface area is 120 Å². The molecule has 1 aromatic carbocycles. The molecule has 7 heteroatoms. The maximum atomic E-state index is 10.1. The molecule has 114 valence electrons. The highest BCUT2D eigenvalue weighted by atomic mass is 16.5. The van der Waals surface area contributed by atoms with Gasteiger partial charge in [0.2, 0.25) is 0 Å². The number of benzene rings is 1. The van der Waals surface area contributed by atoms with Crippen LogP contribution in [0.3, 0.4) is 0 Å². The van der Waals surface area contributed by atoms with E-state index in [-0.39, 0.29) is 0 Å². The molecule has 5 N–H and O–H groups in total. The Hall–Kier alpha value is -1.51. The Kier molecular flexibility index (Phi) is 3.68. The van der Waals surface area contributed by atoms with E-state index in [1.54, 1.807) is 0 Å². The van der Waals surface area contributed by atoms with Crippen LogP contribution in [0.25, 0.3) is 11.0 Å². The molecule has 0 amide bonds. The SMILES string of the molecule is Cc1ccc2nc([C@@H]3O[C@H](CO)[C@@H](O)[C@H](O)[C@H]3O)[nH]c2c1. The van der Waals surface area contributed by atoms with E-state index in [0.29, 0.717) is 11.3 Å². The second-order valence-electron chi connectivity index (χ2n) is 5.39. The zero-order valence-electron chi connectivity index (χ0n) is 11.5. The quantitative estimate of drug-likeness (QED) is 0.504. The van der Waals surface area contributed by atoms with Gasteiger partial charge in [0.25, 0.3) is 0 Å². The van der Waals surface area contributed by atoms with Gasteiger partial charge in [0.1, 0.15) is 36.3 Å². The van der Waals surface area contributed by atoms with Crippen LogP contribution in [0.2, 0.25) is 0 Å². The van der Waals surface area contributed by atoms with E-state index < -0.39 is 37.1 Å². The normalized spacial score (nSPS) is 33.5. The van der Waals surface area contributed by atoms with Gasteiger partial charge in [-0.2, -0.15) is 0 Å². The van der Waals surface area contributed by atoms with E-state index >= 15 is 0 Å². The number of nitrogens with zero attached hydrogens (tertiary/aromatic N) is 1. The predicted octanol–water partition coefficient (Wildman–Crippen LogP) is -0.614. The topological polar surface area (TPSA) is 119 Å². The Morgan fingerprint density at radius 3 is 2.67 bits per heavy atom. The highest BCUT2D eigenvalue weighted by molar-refractivity contribution is 5.75. The van der Waals surface area contributed by atoms with Crippen LogP contribution in [0.1, 0.15) is 17.5 Å². The molecule has 2 aromatic rings. The minimum Gasteiger partial charge on any atom is -0.394 e. The monoisotopic (exact) mass is 294 g/mol. The van der Waals surface area contributed by atoms with Crippen molar-refractivity contribution in [3.8, 4) is 0 Å². The Balaban J connectivity index is 1.96. The van der Waals surface area contributed by atoms with Gasteiger partial charge in [-0.25, -0.2) is 4.98 Å². The predicted molar refractivity (Wildman–Crippen MR) is 73.6 cm³/mol. The van der Waals surface area contributed by atoms with Crippen molar-refractivity contribution in [3.63, 3.8) is 0 Å². The number of aryl methyl sites for hydroxylation is 1. The van der Waals surface area contributed by atoms with Crippen molar-refractivity contribution in [3.05, 3.63) is 29.6 Å². The summed E-state index contributed by atoms with van der Waals surface area (Å²) in [6, 6.07) is 5.67. The molecule has 7 nitrogen and oxygen atoms in total. The number of nitrogens with one attached hydrogen (secondary N) is 1. The lowest BCUT2D eigenvalue weighted by Gasteiger charge is -2.39. The highest BCUT2D eigenvalue weighted by Crippen LogP contribution is 2.31. The van der Waals surface area contributed by atoms with Crippen LogP contribution in [-0.2, 0) is 4.74 Å². The Morgan fingerprint density at radius 2 is 1.95 bits per heavy atom. The summed E-state index contributed by atoms with van der Waals surface area (Å²) in [4.78, 5) is 7.39. The summed E-state index contributed by atoms with van der Waals surface area (Å²) >= 11 is 0. The second kappa shape index (κ2) is 5.36. The van der Waals surface area contributed by atoms with Crippen LogP contribution >= 0.6 is 0 Å². The van der Waals surface area contributed by atoms with Gasteiger partial charge in [-0.3, -0.25) is 0 Å². The molecule has 0 spiro atoms. The van der Waals surface area contributed by atoms with Crippen molar-refractivity contribution in [2.75, 3.05) is 6.61 Å². The largest absolute Gasteiger partial charge is 0.394 e. The van der Waals surface area contributed by atoms with Crippen molar-refractivity contribution >= 4 is 11.0 Å². The second-order valence-corrected chi connectivity index (χ2v) is 5.39. The lowest BCUT2D eigenvalue weighted by molar-refractivity contribution is -0.233. The van der Waals surface area contributed by atoms with Gasteiger partial charge < -0.3 is 30.1 Å². The molecule has 0 radical (unpaired) electrons. The number of aliphatic hydroxyl groups excluding tert-OH is 4. The van der Waals surface area contributed by atoms with Gasteiger partial charge in [-0.15, -0.1) is 0 Å². The molecule has 1 saturated heterocycles. The van der Waals surface area contributed by atoms with E-state index in [0.717, 1.165) is 11.1 Å². The van der Waals surface area contributed by atoms with Crippen LogP contribution in [-0.4, -0.2) is 61.4 Å². The zero-order valence-corrected chi connectivity index (χ0v) is 11.5. The highest BCUT2D eigenvalue weighted by Gasteiger charge is 2.45. The van der Waals surface area contributed by atoms with Crippen molar-refractivity contribution in [1.29, 1.82) is 0 Å². The molecular formula is C14H18N2O5. The summed E-state index contributed by atoms with van der Waals surface area (Å²) in [7, 11) is 0. The van der Waals surface area contributed by atoms with E-state index in [1.807, 2.05) is 25.1 Å². The first-order chi connectivity index (χ1) is 10.0. The summed E-state index contributed by atoms with van der Waals surface area (Å²) in [5.41, 5.74) is 2.57. The Bertz CT molecular complexity index is 641. The molecule has 5 atom stereocenters. The summed E-state index contributed by atoms with van der Waals surface area (Å²) in [6.07, 6.45) is -5.98. The first-order valence-corrected chi connectivity index (χ1v) is 6.78. The van der Waals surface area contributed by atoms with Gasteiger partial charge in [0.15, 0.2) is 0 Å². The number of aliphatic hydroxyl groups is 4. The number of ether oxygens (including phenoxy) is 1. The van der Waals surface area contributed by atoms with E-state index in [1.165, 1.54) is 0 Å². The van der Waals surface area contributed by atoms with Crippen molar-refractivity contribution in [2.24, 2.45) is 0 Å². The summed E-state index contributed by atoms with van der Waals surface area (Å²) in [6.45, 7) is 1.49. The Morgan fingerprint density at radius 1 is 1.19 bits per heavy atom. The number of aromatic nitrogens is 2. The summed E-state index contributed by atoms with van der Waals surface area (Å²) in [5.74, 6) is 0.354. The molecule has 0 saturated carbocycles. The molecule has 1 aliphatic rings. The molecule has 2 heterocycles. The first kappa shape index (κ1) is 14.4. The van der Waals surface area contributed by atoms with Crippen LogP contribution in [0.4, 0.5) is 0 Å². The molecular weight excluding hydrogens is 276 g/mol. The molecule has 21 heavy (non-hydrogen) atoms. The smallest absolute Gasteiger partial charge is 0.144 e. The van der Waals surface area contributed by atoms with Gasteiger partial charge >= 0.3 is 0 Å². The lowest BCUT2D eigenvalue weighted by Crippen LogP contribution is -2.55. The number of hydrogen-bond donors (Lipinski definition) is 5. The average Bonchev–Trinajstić information content (AvgIpc) is 2.88. The molecule has 1 fully saturated rings. The van der Waals surface area contributed by atoms with Crippen LogP contribution in [0, 0.1) is 6.92 Å². The molecule has 1 aliphatic heterocycles. The summed E-state index contributed by atoms with van der Waals surface area (Å²) in [5, 5.41) is 38.9. The van der Waals surface area contributed by atoms with Gasteiger partial charge in [0, 0.05) is 0 Å². The standard InChI is InChI=1S/C14H18N2O5/c1-6-2-3-7-8(4-6)16-14(15-7)13-12(20)11(19)10(18)9(5-17)21-13/h2-4,9-13,17-20H,5H2,1H3,(H,15,16)/t9-,10-,11+,12-,13-/m1/s1. The van der Waals surface area contributed by atoms with Gasteiger partial charge in [-0.1, -0.05) is 6.07 Å². The number of H-pyrrole nitrogens is 1. The molecule has 1 aromatic heterocycles. The number of aromatic amines is 1. The molecule has 0 aliphatic carbocycles. The third-order valence-electron chi connectivity index (χ3n) is 3.82. The lowest BCUT2D eigenvalue weighted by atomic mass is 9.95. The number of imidazole rings is 1. The molecule has 0 bridgehead atoms. The summed E-state index contributed by atoms with van der Waals surface area (Å²) < 4.78 is 5.47. The number of fused-ring (bicyclic) bond motifs is 1. The molecule has 0 unspecified atom stereocenters. The first-order valence-electron chi connectivity index (χ1n) is 6.78. The maximum Gasteiger partial charge on any atom is 0.144 e.